The second kappa shape index (κ2) is 5.89. The molecule has 2 aromatic carbocycles. The van der Waals surface area contributed by atoms with Gasteiger partial charge in [-0.1, -0.05) is 0 Å². The fraction of sp³-hybridized carbons (Fsp3) is 0. The van der Waals surface area contributed by atoms with Crippen LogP contribution < -0.4 is 8.79 Å². The molecule has 0 bridgehead atoms. The summed E-state index contributed by atoms with van der Waals surface area (Å²) in [6, 6.07) is 21.5. The van der Waals surface area contributed by atoms with Gasteiger partial charge in [0.15, 0.2) is 0 Å². The Bertz CT molecular complexity index is 321. The number of benzene rings is 2. The van der Waals surface area contributed by atoms with Gasteiger partial charge in [-0.2, -0.15) is 0 Å². The van der Waals surface area contributed by atoms with E-state index in [2.05, 4.69) is 60.7 Å². The molecule has 14 heavy (non-hydrogen) atoms. The molecule has 0 atom stereocenters. The van der Waals surface area contributed by atoms with Crippen molar-refractivity contribution in [3.05, 3.63) is 60.7 Å². The van der Waals surface area contributed by atoms with E-state index in [1.54, 1.807) is 0 Å². The van der Waals surface area contributed by atoms with E-state index in [9.17, 15) is 0 Å². The Morgan fingerprint density at radius 1 is 0.571 bits per heavy atom. The molecule has 0 nitrogen and oxygen atoms in total. The Morgan fingerprint density at radius 2 is 0.929 bits per heavy atom. The van der Waals surface area contributed by atoms with Gasteiger partial charge in [0, 0.05) is 0 Å². The first-order valence-corrected chi connectivity index (χ1v) is 6.42. The van der Waals surface area contributed by atoms with Gasteiger partial charge in [-0.25, -0.2) is 0 Å². The number of hydrogen-bond acceptors (Lipinski definition) is 0. The Labute approximate surface area is 97.2 Å². The van der Waals surface area contributed by atoms with Crippen LogP contribution in [0.25, 0.3) is 0 Å². The van der Waals surface area contributed by atoms with Crippen molar-refractivity contribution >= 4 is 36.6 Å². The van der Waals surface area contributed by atoms with E-state index in [-0.39, 0.29) is 27.8 Å². The summed E-state index contributed by atoms with van der Waals surface area (Å²) in [5.74, 6) is 0. The quantitative estimate of drug-likeness (QED) is 0.724. The van der Waals surface area contributed by atoms with Gasteiger partial charge in [-0.05, 0) is 0 Å². The summed E-state index contributed by atoms with van der Waals surface area (Å²) < 4.78 is 2.99. The monoisotopic (exact) mass is 264 g/mol. The van der Waals surface area contributed by atoms with Crippen LogP contribution in [0.4, 0.5) is 0 Å². The number of rotatable bonds is 2. The molecular formula is C12H11ClGe. The second-order valence-electron chi connectivity index (χ2n) is 2.86. The maximum atomic E-state index is 2.22. The average molecular weight is 263 g/mol. The third kappa shape index (κ3) is 3.20. The third-order valence-corrected chi connectivity index (χ3v) is 4.45. The predicted octanol–water partition coefficient (Wildman–Crippen LogP) is 1.76. The molecule has 70 valence electrons. The second-order valence-corrected chi connectivity index (χ2v) is 5.80. The molecule has 0 heterocycles. The van der Waals surface area contributed by atoms with E-state index in [0.717, 1.165) is 0 Å². The molecular weight excluding hydrogens is 252 g/mol. The summed E-state index contributed by atoms with van der Waals surface area (Å²) in [7, 11) is 0. The molecule has 0 aliphatic carbocycles. The van der Waals surface area contributed by atoms with Gasteiger partial charge < -0.3 is 0 Å². The fourth-order valence-corrected chi connectivity index (χ4v) is 3.42. The van der Waals surface area contributed by atoms with Gasteiger partial charge in [0.05, 0.1) is 0 Å². The minimum atomic E-state index is -0.108. The molecule has 2 rings (SSSR count). The molecule has 2 heteroatoms. The molecule has 0 N–H and O–H groups in total. The van der Waals surface area contributed by atoms with E-state index in [1.807, 2.05) is 0 Å². The molecule has 2 aromatic rings. The summed E-state index contributed by atoms with van der Waals surface area (Å²) in [5, 5.41) is 0. The first-order valence-electron chi connectivity index (χ1n) is 4.32. The van der Waals surface area contributed by atoms with E-state index in [0.29, 0.717) is 0 Å². The van der Waals surface area contributed by atoms with Crippen LogP contribution in [0.1, 0.15) is 0 Å². The zero-order chi connectivity index (χ0) is 8.93. The summed E-state index contributed by atoms with van der Waals surface area (Å²) in [6.45, 7) is 0. The first-order chi connectivity index (χ1) is 6.45. The van der Waals surface area contributed by atoms with Crippen LogP contribution in [0.2, 0.25) is 0 Å². The standard InChI is InChI=1S/C12H10Ge.ClH/c1-3-7-11(8-4-1)13-12-9-5-2-6-10-12;/h1-10H;1H. The topological polar surface area (TPSA) is 0 Å². The molecule has 0 fully saturated rings. The SMILES string of the molecule is Cl.c1cc[c]([Ge][c]2ccccc2)cc1. The summed E-state index contributed by atoms with van der Waals surface area (Å²) in [6.07, 6.45) is 0. The van der Waals surface area contributed by atoms with Gasteiger partial charge in [0.25, 0.3) is 0 Å². The van der Waals surface area contributed by atoms with E-state index < -0.39 is 0 Å². The normalized spacial score (nSPS) is 9.14. The summed E-state index contributed by atoms with van der Waals surface area (Å²) in [4.78, 5) is 0. The Kier molecular flexibility index (Phi) is 4.77. The number of hydrogen-bond donors (Lipinski definition) is 0. The molecule has 0 saturated heterocycles. The zero-order valence-corrected chi connectivity index (χ0v) is 10.6. The third-order valence-electron chi connectivity index (χ3n) is 1.84. The van der Waals surface area contributed by atoms with Crippen molar-refractivity contribution in [3.63, 3.8) is 0 Å². The van der Waals surface area contributed by atoms with Crippen LogP contribution in [0.5, 0.6) is 0 Å². The fourth-order valence-electron chi connectivity index (χ4n) is 1.21. The van der Waals surface area contributed by atoms with Crippen LogP contribution in [0, 0.1) is 0 Å². The molecule has 0 spiro atoms. The zero-order valence-electron chi connectivity index (χ0n) is 7.68. The average Bonchev–Trinajstić information content (AvgIpc) is 2.21. The van der Waals surface area contributed by atoms with E-state index in [1.165, 1.54) is 8.79 Å². The van der Waals surface area contributed by atoms with Crippen molar-refractivity contribution in [2.45, 2.75) is 0 Å². The molecule has 0 saturated carbocycles. The Balaban J connectivity index is 0.000000980. The van der Waals surface area contributed by atoms with Crippen LogP contribution >= 0.6 is 12.4 Å². The summed E-state index contributed by atoms with van der Waals surface area (Å²) >= 11 is -0.108. The maximum absolute atomic E-state index is 2.22. The van der Waals surface area contributed by atoms with Crippen molar-refractivity contribution < 1.29 is 0 Å². The van der Waals surface area contributed by atoms with Crippen molar-refractivity contribution in [2.75, 3.05) is 0 Å². The molecule has 0 aromatic heterocycles. The van der Waals surface area contributed by atoms with Gasteiger partial charge in [0.2, 0.25) is 0 Å². The van der Waals surface area contributed by atoms with Gasteiger partial charge >= 0.3 is 84.9 Å². The minimum absolute atomic E-state index is 0. The van der Waals surface area contributed by atoms with Crippen molar-refractivity contribution in [2.24, 2.45) is 0 Å². The van der Waals surface area contributed by atoms with Gasteiger partial charge in [0.1, 0.15) is 0 Å². The Morgan fingerprint density at radius 3 is 1.29 bits per heavy atom. The van der Waals surface area contributed by atoms with Gasteiger partial charge in [-0.15, -0.1) is 12.4 Å². The van der Waals surface area contributed by atoms with Gasteiger partial charge in [-0.3, -0.25) is 0 Å². The molecule has 0 unspecified atom stereocenters. The summed E-state index contributed by atoms with van der Waals surface area (Å²) in [5.41, 5.74) is 0. The first kappa shape index (κ1) is 11.3. The number of halogens is 1. The Hall–Kier alpha value is -0.727. The van der Waals surface area contributed by atoms with Crippen LogP contribution in [0.15, 0.2) is 60.7 Å². The van der Waals surface area contributed by atoms with Crippen LogP contribution in [-0.4, -0.2) is 15.4 Å². The van der Waals surface area contributed by atoms with Crippen LogP contribution in [-0.2, 0) is 0 Å². The predicted molar refractivity (Wildman–Crippen MR) is 65.2 cm³/mol. The molecule has 2 radical (unpaired) electrons. The molecule has 0 amide bonds. The van der Waals surface area contributed by atoms with Crippen LogP contribution in [0.3, 0.4) is 0 Å². The van der Waals surface area contributed by atoms with E-state index in [4.69, 9.17) is 0 Å². The van der Waals surface area contributed by atoms with Crippen molar-refractivity contribution in [1.82, 2.24) is 0 Å². The van der Waals surface area contributed by atoms with Crippen molar-refractivity contribution in [3.8, 4) is 0 Å². The van der Waals surface area contributed by atoms with Crippen molar-refractivity contribution in [1.29, 1.82) is 0 Å². The van der Waals surface area contributed by atoms with E-state index >= 15 is 0 Å². The molecule has 0 aliphatic heterocycles. The molecule has 0 aliphatic rings.